The van der Waals surface area contributed by atoms with Gasteiger partial charge in [-0.2, -0.15) is 0 Å². The summed E-state index contributed by atoms with van der Waals surface area (Å²) in [7, 11) is -3.62. The van der Waals surface area contributed by atoms with Crippen molar-refractivity contribution in [1.29, 1.82) is 0 Å². The molecule has 20 heavy (non-hydrogen) atoms. The maximum Gasteiger partial charge on any atom is 0.242 e. The molecule has 4 nitrogen and oxygen atoms in total. The lowest BCUT2D eigenvalue weighted by Gasteiger charge is -2.16. The number of halogens is 1. The van der Waals surface area contributed by atoms with Crippen LogP contribution in [-0.4, -0.2) is 8.42 Å². The molecule has 1 atom stereocenters. The van der Waals surface area contributed by atoms with Crippen LogP contribution in [0.1, 0.15) is 24.3 Å². The molecule has 0 aliphatic heterocycles. The number of thiophene rings is 1. The Hall–Kier alpha value is -0.890. The average molecular weight is 375 g/mol. The Bertz CT molecular complexity index is 684. The van der Waals surface area contributed by atoms with E-state index < -0.39 is 10.0 Å². The van der Waals surface area contributed by atoms with Gasteiger partial charge in [-0.25, -0.2) is 13.1 Å². The fraction of sp³-hybridized carbons (Fsp3) is 0.231. The van der Waals surface area contributed by atoms with E-state index in [2.05, 4.69) is 20.7 Å². The quantitative estimate of drug-likeness (QED) is 0.786. The molecule has 7 heteroatoms. The molecular formula is C13H15BrN2O2S2. The zero-order valence-corrected chi connectivity index (χ0v) is 14.1. The van der Waals surface area contributed by atoms with Gasteiger partial charge in [0.1, 0.15) is 0 Å². The number of nitrogens with one attached hydrogen (secondary N) is 1. The van der Waals surface area contributed by atoms with Gasteiger partial charge in [-0.15, -0.1) is 11.3 Å². The normalized spacial score (nSPS) is 13.3. The molecule has 108 valence electrons. The van der Waals surface area contributed by atoms with Crippen molar-refractivity contribution in [3.8, 4) is 0 Å². The minimum absolute atomic E-state index is 0.160. The number of hydrogen-bond donors (Lipinski definition) is 2. The molecule has 1 heterocycles. The summed E-state index contributed by atoms with van der Waals surface area (Å²) < 4.78 is 28.2. The second-order valence-corrected chi connectivity index (χ2v) is 7.80. The van der Waals surface area contributed by atoms with E-state index in [1.165, 1.54) is 17.4 Å². The molecule has 0 radical (unpaired) electrons. The first-order valence-electron chi connectivity index (χ1n) is 6.05. The highest BCUT2D eigenvalue weighted by atomic mass is 79.9. The highest BCUT2D eigenvalue weighted by molar-refractivity contribution is 9.10. The van der Waals surface area contributed by atoms with E-state index in [0.29, 0.717) is 16.6 Å². The number of sulfonamides is 1. The third-order valence-corrected chi connectivity index (χ3v) is 6.29. The van der Waals surface area contributed by atoms with Gasteiger partial charge in [-0.05, 0) is 52.0 Å². The van der Waals surface area contributed by atoms with Crippen LogP contribution in [-0.2, 0) is 10.0 Å². The van der Waals surface area contributed by atoms with Crippen LogP contribution in [0.4, 0.5) is 5.69 Å². The zero-order chi connectivity index (χ0) is 14.8. The molecular weight excluding hydrogens is 360 g/mol. The van der Waals surface area contributed by atoms with Crippen LogP contribution in [0.2, 0.25) is 0 Å². The third kappa shape index (κ3) is 3.41. The first kappa shape index (κ1) is 15.5. The molecule has 2 aromatic rings. The van der Waals surface area contributed by atoms with E-state index in [1.807, 2.05) is 24.4 Å². The van der Waals surface area contributed by atoms with Crippen LogP contribution in [0.15, 0.2) is 45.1 Å². The molecule has 1 unspecified atom stereocenters. The summed E-state index contributed by atoms with van der Waals surface area (Å²) in [6.45, 7) is 1.95. The molecule has 0 fully saturated rings. The van der Waals surface area contributed by atoms with Gasteiger partial charge >= 0.3 is 0 Å². The third-order valence-electron chi connectivity index (χ3n) is 2.84. The summed E-state index contributed by atoms with van der Waals surface area (Å²) in [5, 5.41) is 1.93. The standard InChI is InChI=1S/C13H15BrN2O2S2/c1-2-11(12-4-3-7-19-12)16-20(17,18)13-8-9(15)5-6-10(13)14/h3-8,11,16H,2,15H2,1H3. The lowest BCUT2D eigenvalue weighted by atomic mass is 10.2. The topological polar surface area (TPSA) is 72.2 Å². The molecule has 0 saturated heterocycles. The summed E-state index contributed by atoms with van der Waals surface area (Å²) in [5.74, 6) is 0. The van der Waals surface area contributed by atoms with Crippen molar-refractivity contribution in [1.82, 2.24) is 4.72 Å². The fourth-order valence-electron chi connectivity index (χ4n) is 1.81. The van der Waals surface area contributed by atoms with Gasteiger partial charge in [-0.3, -0.25) is 0 Å². The number of benzene rings is 1. The van der Waals surface area contributed by atoms with Crippen LogP contribution in [0.3, 0.4) is 0 Å². The fourth-order valence-corrected chi connectivity index (χ4v) is 5.04. The Morgan fingerprint density at radius 1 is 1.40 bits per heavy atom. The first-order valence-corrected chi connectivity index (χ1v) is 9.20. The van der Waals surface area contributed by atoms with Crippen LogP contribution < -0.4 is 10.5 Å². The molecule has 1 aromatic heterocycles. The van der Waals surface area contributed by atoms with E-state index in [0.717, 1.165) is 4.88 Å². The van der Waals surface area contributed by atoms with Gasteiger partial charge in [0.2, 0.25) is 10.0 Å². The molecule has 2 rings (SSSR count). The Morgan fingerprint density at radius 3 is 2.75 bits per heavy atom. The van der Waals surface area contributed by atoms with Crippen LogP contribution in [0.25, 0.3) is 0 Å². The Morgan fingerprint density at radius 2 is 2.15 bits per heavy atom. The Labute approximate surface area is 131 Å². The number of hydrogen-bond acceptors (Lipinski definition) is 4. The lowest BCUT2D eigenvalue weighted by molar-refractivity contribution is 0.553. The van der Waals surface area contributed by atoms with Crippen molar-refractivity contribution in [2.45, 2.75) is 24.3 Å². The molecule has 0 aliphatic rings. The van der Waals surface area contributed by atoms with E-state index in [1.54, 1.807) is 12.1 Å². The molecule has 0 bridgehead atoms. The largest absolute Gasteiger partial charge is 0.399 e. The lowest BCUT2D eigenvalue weighted by Crippen LogP contribution is -2.28. The van der Waals surface area contributed by atoms with E-state index in [4.69, 9.17) is 5.73 Å². The predicted octanol–water partition coefficient (Wildman–Crippen LogP) is 3.52. The van der Waals surface area contributed by atoms with E-state index >= 15 is 0 Å². The van der Waals surface area contributed by atoms with Crippen molar-refractivity contribution in [2.24, 2.45) is 0 Å². The van der Waals surface area contributed by atoms with Crippen LogP contribution in [0.5, 0.6) is 0 Å². The van der Waals surface area contributed by atoms with Gasteiger partial charge in [-0.1, -0.05) is 13.0 Å². The summed E-state index contributed by atoms with van der Waals surface area (Å²) in [6, 6.07) is 8.35. The van der Waals surface area contributed by atoms with Gasteiger partial charge in [0.15, 0.2) is 0 Å². The number of nitrogens with two attached hydrogens (primary N) is 1. The van der Waals surface area contributed by atoms with Gasteiger partial charge < -0.3 is 5.73 Å². The summed E-state index contributed by atoms with van der Waals surface area (Å²) in [5.41, 5.74) is 6.09. The maximum absolute atomic E-state index is 12.5. The van der Waals surface area contributed by atoms with E-state index in [9.17, 15) is 8.42 Å². The summed E-state index contributed by atoms with van der Waals surface area (Å²) >= 11 is 4.79. The molecule has 3 N–H and O–H groups in total. The highest BCUT2D eigenvalue weighted by Crippen LogP contribution is 2.28. The van der Waals surface area contributed by atoms with Crippen molar-refractivity contribution >= 4 is 43.0 Å². The minimum atomic E-state index is -3.62. The van der Waals surface area contributed by atoms with Gasteiger partial charge in [0.25, 0.3) is 0 Å². The maximum atomic E-state index is 12.5. The highest BCUT2D eigenvalue weighted by Gasteiger charge is 2.23. The van der Waals surface area contributed by atoms with Gasteiger partial charge in [0, 0.05) is 15.0 Å². The molecule has 0 saturated carbocycles. The number of nitrogen functional groups attached to an aromatic ring is 1. The number of rotatable bonds is 5. The van der Waals surface area contributed by atoms with E-state index in [-0.39, 0.29) is 10.9 Å². The minimum Gasteiger partial charge on any atom is -0.399 e. The monoisotopic (exact) mass is 374 g/mol. The van der Waals surface area contributed by atoms with Crippen LogP contribution >= 0.6 is 27.3 Å². The second kappa shape index (κ2) is 6.26. The Balaban J connectivity index is 2.33. The average Bonchev–Trinajstić information content (AvgIpc) is 2.92. The predicted molar refractivity (Wildman–Crippen MR) is 86.2 cm³/mol. The van der Waals surface area contributed by atoms with Crippen molar-refractivity contribution in [2.75, 3.05) is 5.73 Å². The zero-order valence-electron chi connectivity index (χ0n) is 10.8. The van der Waals surface area contributed by atoms with Gasteiger partial charge in [0.05, 0.1) is 10.9 Å². The second-order valence-electron chi connectivity index (χ2n) is 4.29. The summed E-state index contributed by atoms with van der Waals surface area (Å²) in [4.78, 5) is 1.16. The summed E-state index contributed by atoms with van der Waals surface area (Å²) in [6.07, 6.45) is 0.680. The first-order chi connectivity index (χ1) is 9.44. The molecule has 1 aromatic carbocycles. The molecule has 0 spiro atoms. The Kier molecular flexibility index (Phi) is 4.85. The SMILES string of the molecule is CCC(NS(=O)(=O)c1cc(N)ccc1Br)c1cccs1. The van der Waals surface area contributed by atoms with Crippen molar-refractivity contribution < 1.29 is 8.42 Å². The number of anilines is 1. The molecule has 0 aliphatic carbocycles. The smallest absolute Gasteiger partial charge is 0.242 e. The van der Waals surface area contributed by atoms with Crippen molar-refractivity contribution in [3.63, 3.8) is 0 Å². The van der Waals surface area contributed by atoms with Crippen molar-refractivity contribution in [3.05, 3.63) is 45.1 Å². The van der Waals surface area contributed by atoms with Crippen LogP contribution in [0, 0.1) is 0 Å². The molecule has 0 amide bonds.